The van der Waals surface area contributed by atoms with Crippen LogP contribution in [-0.2, 0) is 19.5 Å². The van der Waals surface area contributed by atoms with Gasteiger partial charge in [-0.3, -0.25) is 9.13 Å². The third-order valence-corrected chi connectivity index (χ3v) is 9.39. The lowest BCUT2D eigenvalue weighted by Gasteiger charge is -2.24. The van der Waals surface area contributed by atoms with E-state index in [2.05, 4.69) is 105 Å². The maximum atomic E-state index is 12.7. The van der Waals surface area contributed by atoms with Crippen molar-refractivity contribution >= 4 is 11.0 Å². The predicted molar refractivity (Wildman–Crippen MR) is 183 cm³/mol. The fraction of sp³-hybridized carbons (Fsp3) is 0.125. The van der Waals surface area contributed by atoms with E-state index in [1.165, 1.54) is 22.3 Å². The van der Waals surface area contributed by atoms with E-state index in [4.69, 9.17) is 9.97 Å². The van der Waals surface area contributed by atoms with Gasteiger partial charge in [0.2, 0.25) is 0 Å². The first-order valence-corrected chi connectivity index (χ1v) is 15.3. The van der Waals surface area contributed by atoms with Gasteiger partial charge in [-0.15, -0.1) is 0 Å². The van der Waals surface area contributed by atoms with Crippen LogP contribution in [0.15, 0.2) is 126 Å². The first-order valence-electron chi connectivity index (χ1n) is 15.3. The second-order valence-electron chi connectivity index (χ2n) is 12.4. The first kappa shape index (κ1) is 27.0. The molecule has 5 aromatic carbocycles. The summed E-state index contributed by atoms with van der Waals surface area (Å²) >= 11 is 0. The van der Waals surface area contributed by atoms with Gasteiger partial charge in [0, 0.05) is 41.8 Å². The summed E-state index contributed by atoms with van der Waals surface area (Å²) in [6.07, 6.45) is 0. The van der Waals surface area contributed by atoms with E-state index in [-0.39, 0.29) is 11.1 Å². The van der Waals surface area contributed by atoms with Crippen molar-refractivity contribution in [2.45, 2.75) is 19.3 Å². The number of imidazole rings is 1. The number of aryl methyl sites for hydroxylation is 2. The van der Waals surface area contributed by atoms with Gasteiger partial charge in [0.05, 0.1) is 22.4 Å². The molecule has 5 heteroatoms. The Labute approximate surface area is 262 Å². The molecule has 45 heavy (non-hydrogen) atoms. The summed E-state index contributed by atoms with van der Waals surface area (Å²) in [5.74, 6) is 0.720. The monoisotopic (exact) mass is 584 g/mol. The standard InChI is InChI=1S/C40H32N4O/c1-40(2)32-18-9-8-14-29(32)30-16-10-17-31(36(30)40)38-41-33(26-12-6-5-7-13-26)24-34(42-38)27-22-20-25(21-23-27)28-15-11-19-35-37(28)44(4)39(45)43(35)3/h5-24H,1-4H3. The molecule has 8 rings (SSSR count). The summed E-state index contributed by atoms with van der Waals surface area (Å²) in [6, 6.07) is 42.1. The Kier molecular flexibility index (Phi) is 6.00. The van der Waals surface area contributed by atoms with Crippen LogP contribution < -0.4 is 5.69 Å². The van der Waals surface area contributed by atoms with Gasteiger partial charge >= 0.3 is 5.69 Å². The second kappa shape index (κ2) is 10.00. The van der Waals surface area contributed by atoms with Crippen LogP contribution in [0.4, 0.5) is 0 Å². The highest BCUT2D eigenvalue weighted by molar-refractivity contribution is 5.93. The molecule has 1 aliphatic rings. The largest absolute Gasteiger partial charge is 0.328 e. The van der Waals surface area contributed by atoms with Crippen molar-refractivity contribution in [2.24, 2.45) is 14.1 Å². The van der Waals surface area contributed by atoms with Crippen molar-refractivity contribution < 1.29 is 0 Å². The highest BCUT2D eigenvalue weighted by atomic mass is 16.1. The zero-order chi connectivity index (χ0) is 30.9. The van der Waals surface area contributed by atoms with Crippen molar-refractivity contribution in [3.05, 3.63) is 143 Å². The lowest BCUT2D eigenvalue weighted by Crippen LogP contribution is -2.19. The van der Waals surface area contributed by atoms with Crippen molar-refractivity contribution in [3.63, 3.8) is 0 Å². The quantitative estimate of drug-likeness (QED) is 0.208. The molecule has 0 fully saturated rings. The maximum absolute atomic E-state index is 12.7. The summed E-state index contributed by atoms with van der Waals surface area (Å²) in [6.45, 7) is 4.59. The van der Waals surface area contributed by atoms with Gasteiger partial charge in [0.15, 0.2) is 5.82 Å². The molecule has 0 N–H and O–H groups in total. The molecular weight excluding hydrogens is 552 g/mol. The summed E-state index contributed by atoms with van der Waals surface area (Å²) in [5, 5.41) is 0. The number of hydrogen-bond donors (Lipinski definition) is 0. The molecule has 0 saturated carbocycles. The maximum Gasteiger partial charge on any atom is 0.328 e. The molecule has 0 aliphatic heterocycles. The molecule has 0 spiro atoms. The highest BCUT2D eigenvalue weighted by Crippen LogP contribution is 2.51. The Bertz CT molecular complexity index is 2330. The lowest BCUT2D eigenvalue weighted by atomic mass is 9.80. The molecule has 2 aromatic heterocycles. The minimum absolute atomic E-state index is 0.0327. The van der Waals surface area contributed by atoms with Crippen LogP contribution in [0, 0.1) is 0 Å². The second-order valence-corrected chi connectivity index (χ2v) is 12.4. The molecular formula is C40H32N4O. The number of rotatable bonds is 4. The van der Waals surface area contributed by atoms with Crippen LogP contribution in [0.5, 0.6) is 0 Å². The van der Waals surface area contributed by atoms with Crippen molar-refractivity contribution in [3.8, 4) is 56.2 Å². The van der Waals surface area contributed by atoms with E-state index in [9.17, 15) is 4.79 Å². The summed E-state index contributed by atoms with van der Waals surface area (Å²) in [4.78, 5) is 23.1. The van der Waals surface area contributed by atoms with Crippen LogP contribution in [0.1, 0.15) is 25.0 Å². The van der Waals surface area contributed by atoms with E-state index in [0.717, 1.165) is 56.1 Å². The molecule has 0 radical (unpaired) electrons. The van der Waals surface area contributed by atoms with Crippen molar-refractivity contribution in [1.29, 1.82) is 0 Å². The molecule has 5 nitrogen and oxygen atoms in total. The number of nitrogens with zero attached hydrogens (tertiary/aromatic N) is 4. The summed E-state index contributed by atoms with van der Waals surface area (Å²) in [7, 11) is 3.65. The molecule has 0 atom stereocenters. The topological polar surface area (TPSA) is 52.7 Å². The van der Waals surface area contributed by atoms with Crippen LogP contribution >= 0.6 is 0 Å². The minimum atomic E-state index is -0.186. The molecule has 2 heterocycles. The number of hydrogen-bond acceptors (Lipinski definition) is 3. The van der Waals surface area contributed by atoms with Gasteiger partial charge in [0.25, 0.3) is 0 Å². The van der Waals surface area contributed by atoms with Gasteiger partial charge < -0.3 is 0 Å². The average Bonchev–Trinajstić information content (AvgIpc) is 3.46. The van der Waals surface area contributed by atoms with E-state index >= 15 is 0 Å². The number of aromatic nitrogens is 4. The molecule has 1 aliphatic carbocycles. The molecule has 0 bridgehead atoms. The average molecular weight is 585 g/mol. The van der Waals surface area contributed by atoms with Crippen LogP contribution in [0.2, 0.25) is 0 Å². The van der Waals surface area contributed by atoms with Gasteiger partial charge in [-0.05, 0) is 39.9 Å². The number of fused-ring (bicyclic) bond motifs is 4. The van der Waals surface area contributed by atoms with Crippen LogP contribution in [-0.4, -0.2) is 19.1 Å². The van der Waals surface area contributed by atoms with Gasteiger partial charge in [-0.25, -0.2) is 14.8 Å². The lowest BCUT2D eigenvalue weighted by molar-refractivity contribution is 0.661. The van der Waals surface area contributed by atoms with Gasteiger partial charge in [-0.1, -0.05) is 123 Å². The molecule has 7 aromatic rings. The van der Waals surface area contributed by atoms with Gasteiger partial charge in [-0.2, -0.15) is 0 Å². The Morgan fingerprint density at radius 3 is 1.89 bits per heavy atom. The SMILES string of the molecule is Cn1c(=O)n(C)c2c(-c3ccc(-c4cc(-c5ccccc5)nc(-c5cccc6c5C(C)(C)c5ccccc5-6)n4)cc3)cccc21. The van der Waals surface area contributed by atoms with E-state index < -0.39 is 0 Å². The molecule has 0 saturated heterocycles. The highest BCUT2D eigenvalue weighted by Gasteiger charge is 2.37. The van der Waals surface area contributed by atoms with Crippen molar-refractivity contribution in [2.75, 3.05) is 0 Å². The van der Waals surface area contributed by atoms with E-state index in [0.29, 0.717) is 0 Å². The predicted octanol–water partition coefficient (Wildman–Crippen LogP) is 8.64. The molecule has 0 unspecified atom stereocenters. The fourth-order valence-corrected chi connectivity index (χ4v) is 7.14. The summed E-state index contributed by atoms with van der Waals surface area (Å²) < 4.78 is 3.42. The normalized spacial score (nSPS) is 13.2. The fourth-order valence-electron chi connectivity index (χ4n) is 7.14. The Morgan fingerprint density at radius 2 is 1.13 bits per heavy atom. The Hall–Kier alpha value is -5.55. The van der Waals surface area contributed by atoms with E-state index in [1.54, 1.807) is 9.13 Å². The zero-order valence-corrected chi connectivity index (χ0v) is 25.7. The minimum Gasteiger partial charge on any atom is -0.295 e. The van der Waals surface area contributed by atoms with Crippen molar-refractivity contribution in [1.82, 2.24) is 19.1 Å². The number of para-hydroxylation sites is 1. The molecule has 218 valence electrons. The molecule has 0 amide bonds. The summed E-state index contributed by atoms with van der Waals surface area (Å²) in [5.41, 5.74) is 13.7. The van der Waals surface area contributed by atoms with Crippen LogP contribution in [0.25, 0.3) is 67.2 Å². The third-order valence-electron chi connectivity index (χ3n) is 9.39. The number of benzene rings is 5. The van der Waals surface area contributed by atoms with Crippen LogP contribution in [0.3, 0.4) is 0 Å². The van der Waals surface area contributed by atoms with E-state index in [1.807, 2.05) is 44.4 Å². The zero-order valence-electron chi connectivity index (χ0n) is 25.7. The Morgan fingerprint density at radius 1 is 0.556 bits per heavy atom. The Balaban J connectivity index is 1.29. The smallest absolute Gasteiger partial charge is 0.295 e. The van der Waals surface area contributed by atoms with Gasteiger partial charge in [0.1, 0.15) is 0 Å². The third kappa shape index (κ3) is 4.11. The first-order chi connectivity index (χ1) is 21.8.